The molecule has 0 bridgehead atoms. The van der Waals surface area contributed by atoms with Crippen LogP contribution in [-0.4, -0.2) is 21.7 Å². The molecule has 0 aliphatic carbocycles. The van der Waals surface area contributed by atoms with Crippen LogP contribution in [0.25, 0.3) is 0 Å². The summed E-state index contributed by atoms with van der Waals surface area (Å²) in [6.45, 7) is 2.81. The lowest BCUT2D eigenvalue weighted by atomic mass is 10.3. The zero-order valence-electron chi connectivity index (χ0n) is 12.9. The van der Waals surface area contributed by atoms with E-state index in [0.29, 0.717) is 27.5 Å². The maximum Gasteiger partial charge on any atom is 0.249 e. The predicted octanol–water partition coefficient (Wildman–Crippen LogP) is 5.08. The molecule has 0 amide bonds. The fourth-order valence-electron chi connectivity index (χ4n) is 2.32. The third-order valence-corrected chi connectivity index (χ3v) is 3.76. The number of anilines is 4. The van der Waals surface area contributed by atoms with Crippen molar-refractivity contribution in [3.8, 4) is 0 Å². The Morgan fingerprint density at radius 2 is 1.75 bits per heavy atom. The van der Waals surface area contributed by atoms with Gasteiger partial charge in [0.15, 0.2) is 5.82 Å². The first-order chi connectivity index (χ1) is 11.7. The van der Waals surface area contributed by atoms with Crippen LogP contribution in [0.3, 0.4) is 0 Å². The van der Waals surface area contributed by atoms with Gasteiger partial charge in [0.25, 0.3) is 0 Å². The first kappa shape index (κ1) is 16.5. The first-order valence-corrected chi connectivity index (χ1v) is 8.16. The highest BCUT2D eigenvalue weighted by Crippen LogP contribution is 2.26. The second kappa shape index (κ2) is 7.47. The maximum absolute atomic E-state index is 6.01. The minimum atomic E-state index is 0.375. The van der Waals surface area contributed by atoms with Gasteiger partial charge in [-0.1, -0.05) is 41.4 Å². The van der Waals surface area contributed by atoms with Gasteiger partial charge >= 0.3 is 0 Å². The van der Waals surface area contributed by atoms with Crippen LogP contribution in [0, 0.1) is 0 Å². The number of rotatable bonds is 5. The average molecular weight is 360 g/mol. The van der Waals surface area contributed by atoms with Crippen LogP contribution in [0.2, 0.25) is 10.0 Å². The summed E-state index contributed by atoms with van der Waals surface area (Å²) < 4.78 is 0. The molecule has 2 aromatic carbocycles. The monoisotopic (exact) mass is 359 g/mol. The number of hydrogen-bond donors (Lipinski definition) is 1. The van der Waals surface area contributed by atoms with Gasteiger partial charge in [-0.2, -0.15) is 10.1 Å². The van der Waals surface area contributed by atoms with Crippen molar-refractivity contribution < 1.29 is 0 Å². The largest absolute Gasteiger partial charge is 0.325 e. The van der Waals surface area contributed by atoms with E-state index < -0.39 is 0 Å². The summed E-state index contributed by atoms with van der Waals surface area (Å²) in [4.78, 5) is 6.58. The molecule has 0 unspecified atom stereocenters. The minimum Gasteiger partial charge on any atom is -0.325 e. The third-order valence-electron chi connectivity index (χ3n) is 3.33. The van der Waals surface area contributed by atoms with Gasteiger partial charge in [-0.3, -0.25) is 0 Å². The van der Waals surface area contributed by atoms with Crippen LogP contribution < -0.4 is 10.2 Å². The predicted molar refractivity (Wildman–Crippen MR) is 98.7 cm³/mol. The second-order valence-corrected chi connectivity index (χ2v) is 5.87. The third kappa shape index (κ3) is 3.93. The van der Waals surface area contributed by atoms with E-state index in [1.54, 1.807) is 24.4 Å². The topological polar surface area (TPSA) is 53.9 Å². The summed E-state index contributed by atoms with van der Waals surface area (Å²) in [5.41, 5.74) is 1.74. The Balaban J connectivity index is 1.88. The molecule has 122 valence electrons. The molecule has 1 N–H and O–H groups in total. The van der Waals surface area contributed by atoms with Gasteiger partial charge in [0.05, 0.1) is 6.20 Å². The van der Waals surface area contributed by atoms with Crippen molar-refractivity contribution in [2.24, 2.45) is 0 Å². The summed E-state index contributed by atoms with van der Waals surface area (Å²) in [5, 5.41) is 12.2. The van der Waals surface area contributed by atoms with Gasteiger partial charge in [0.1, 0.15) is 0 Å². The van der Waals surface area contributed by atoms with E-state index in [2.05, 4.69) is 27.4 Å². The number of benzene rings is 2. The molecule has 1 aromatic heterocycles. The van der Waals surface area contributed by atoms with E-state index in [9.17, 15) is 0 Å². The highest BCUT2D eigenvalue weighted by molar-refractivity contribution is 6.35. The molecule has 0 atom stereocenters. The molecule has 0 spiro atoms. The lowest BCUT2D eigenvalue weighted by Crippen LogP contribution is -2.18. The molecule has 24 heavy (non-hydrogen) atoms. The van der Waals surface area contributed by atoms with Crippen molar-refractivity contribution in [2.45, 2.75) is 6.92 Å². The van der Waals surface area contributed by atoms with E-state index in [0.717, 1.165) is 12.2 Å². The highest BCUT2D eigenvalue weighted by atomic mass is 35.5. The molecule has 5 nitrogen and oxygen atoms in total. The summed E-state index contributed by atoms with van der Waals surface area (Å²) in [7, 11) is 0. The van der Waals surface area contributed by atoms with E-state index in [-0.39, 0.29) is 0 Å². The van der Waals surface area contributed by atoms with Crippen molar-refractivity contribution in [2.75, 3.05) is 16.8 Å². The molecule has 0 radical (unpaired) electrons. The van der Waals surface area contributed by atoms with Crippen molar-refractivity contribution in [1.82, 2.24) is 15.2 Å². The zero-order valence-corrected chi connectivity index (χ0v) is 14.5. The highest BCUT2D eigenvalue weighted by Gasteiger charge is 2.11. The van der Waals surface area contributed by atoms with Gasteiger partial charge in [0, 0.05) is 28.0 Å². The fraction of sp³-hybridized carbons (Fsp3) is 0.118. The van der Waals surface area contributed by atoms with E-state index in [4.69, 9.17) is 23.2 Å². The Bertz CT molecular complexity index is 806. The van der Waals surface area contributed by atoms with Gasteiger partial charge in [-0.25, -0.2) is 0 Å². The molecule has 1 heterocycles. The fourth-order valence-corrected chi connectivity index (χ4v) is 2.84. The quantitative estimate of drug-likeness (QED) is 0.688. The van der Waals surface area contributed by atoms with Crippen LogP contribution in [-0.2, 0) is 0 Å². The molecule has 0 saturated carbocycles. The number of aromatic nitrogens is 3. The first-order valence-electron chi connectivity index (χ1n) is 7.41. The molecule has 0 aliphatic rings. The van der Waals surface area contributed by atoms with Crippen LogP contribution >= 0.6 is 23.2 Å². The number of nitrogens with one attached hydrogen (secondary N) is 1. The molecule has 7 heteroatoms. The summed E-state index contributed by atoms with van der Waals surface area (Å²) >= 11 is 12.0. The van der Waals surface area contributed by atoms with Crippen LogP contribution in [0.5, 0.6) is 0 Å². The van der Waals surface area contributed by atoms with Crippen LogP contribution in [0.4, 0.5) is 23.1 Å². The smallest absolute Gasteiger partial charge is 0.249 e. The van der Waals surface area contributed by atoms with Gasteiger partial charge in [0.2, 0.25) is 5.95 Å². The Morgan fingerprint density at radius 1 is 1.04 bits per heavy atom. The standard InChI is InChI=1S/C17H15Cl2N5/c1-2-24(15-6-4-3-5-7-15)16-11-20-23-17(22-16)21-14-9-12(18)8-13(19)10-14/h3-11H,2H2,1H3,(H,21,22,23). The Hall–Kier alpha value is -2.37. The average Bonchev–Trinajstić information content (AvgIpc) is 2.56. The molecule has 0 saturated heterocycles. The normalized spacial score (nSPS) is 10.5. The molecule has 0 aliphatic heterocycles. The molecule has 3 aromatic rings. The van der Waals surface area contributed by atoms with E-state index in [1.165, 1.54) is 0 Å². The SMILES string of the molecule is CCN(c1ccccc1)c1cnnc(Nc2cc(Cl)cc(Cl)c2)n1. The number of halogens is 2. The molecule has 3 rings (SSSR count). The lowest BCUT2D eigenvalue weighted by molar-refractivity contribution is 0.922. The molecular formula is C17H15Cl2N5. The molecular weight excluding hydrogens is 345 g/mol. The van der Waals surface area contributed by atoms with Crippen LogP contribution in [0.15, 0.2) is 54.7 Å². The number of hydrogen-bond acceptors (Lipinski definition) is 5. The Morgan fingerprint density at radius 3 is 2.42 bits per heavy atom. The van der Waals surface area contributed by atoms with Crippen molar-refractivity contribution >= 4 is 46.3 Å². The van der Waals surface area contributed by atoms with Gasteiger partial charge in [-0.05, 0) is 37.3 Å². The second-order valence-electron chi connectivity index (χ2n) is 5.00. The Labute approximate surface area is 150 Å². The summed E-state index contributed by atoms with van der Waals surface area (Å²) in [6, 6.07) is 15.2. The molecule has 0 fully saturated rings. The summed E-state index contributed by atoms with van der Waals surface area (Å²) in [5.74, 6) is 1.08. The van der Waals surface area contributed by atoms with Gasteiger partial charge < -0.3 is 10.2 Å². The Kier molecular flexibility index (Phi) is 5.13. The van der Waals surface area contributed by atoms with E-state index >= 15 is 0 Å². The van der Waals surface area contributed by atoms with Crippen molar-refractivity contribution in [3.05, 3.63) is 64.8 Å². The zero-order chi connectivity index (χ0) is 16.9. The summed E-state index contributed by atoms with van der Waals surface area (Å²) in [6.07, 6.45) is 1.63. The van der Waals surface area contributed by atoms with Crippen molar-refractivity contribution in [3.63, 3.8) is 0 Å². The van der Waals surface area contributed by atoms with E-state index in [1.807, 2.05) is 35.2 Å². The van der Waals surface area contributed by atoms with Crippen LogP contribution in [0.1, 0.15) is 6.92 Å². The van der Waals surface area contributed by atoms with Gasteiger partial charge in [-0.15, -0.1) is 5.10 Å². The number of nitrogens with zero attached hydrogens (tertiary/aromatic N) is 4. The number of para-hydroxylation sites is 1. The maximum atomic E-state index is 6.01. The minimum absolute atomic E-state index is 0.375. The van der Waals surface area contributed by atoms with Crippen molar-refractivity contribution in [1.29, 1.82) is 0 Å². The lowest BCUT2D eigenvalue weighted by Gasteiger charge is -2.21.